The van der Waals surface area contributed by atoms with Gasteiger partial charge in [-0.15, -0.1) is 0 Å². The number of anilines is 2. The molecule has 104 valence electrons. The lowest BCUT2D eigenvalue weighted by molar-refractivity contribution is 0.700. The molecule has 19 heavy (non-hydrogen) atoms. The highest BCUT2D eigenvalue weighted by atomic mass is 15.2. The second-order valence-corrected chi connectivity index (χ2v) is 5.07. The molecule has 5 nitrogen and oxygen atoms in total. The monoisotopic (exact) mass is 261 g/mol. The second-order valence-electron chi connectivity index (χ2n) is 5.07. The molecule has 1 atom stereocenters. The van der Waals surface area contributed by atoms with Gasteiger partial charge in [0.1, 0.15) is 17.5 Å². The number of rotatable bonds is 6. The molecule has 0 spiro atoms. The summed E-state index contributed by atoms with van der Waals surface area (Å²) in [5.41, 5.74) is 0. The van der Waals surface area contributed by atoms with Gasteiger partial charge >= 0.3 is 0 Å². The van der Waals surface area contributed by atoms with Crippen molar-refractivity contribution in [2.75, 3.05) is 30.4 Å². The normalized spacial score (nSPS) is 12.1. The van der Waals surface area contributed by atoms with Crippen molar-refractivity contribution < 1.29 is 0 Å². The second kappa shape index (κ2) is 6.93. The molecule has 1 rings (SSSR count). The van der Waals surface area contributed by atoms with Crippen LogP contribution < -0.4 is 10.2 Å². The summed E-state index contributed by atoms with van der Waals surface area (Å²) in [6.45, 7) is 9.59. The SMILES string of the molecule is CCNc1cc(N(C)CC(C)C#N)nc(C(C)C)n1. The predicted molar refractivity (Wildman–Crippen MR) is 78.3 cm³/mol. The third kappa shape index (κ3) is 4.40. The highest BCUT2D eigenvalue weighted by molar-refractivity contribution is 5.49. The van der Waals surface area contributed by atoms with E-state index in [1.54, 1.807) is 0 Å². The quantitative estimate of drug-likeness (QED) is 0.852. The standard InChI is InChI=1S/C14H23N5/c1-6-16-12-7-13(18-14(17-12)10(2)3)19(5)9-11(4)8-15/h7,10-11H,6,9H2,1-5H3,(H,16,17,18). The molecule has 1 aromatic rings. The molecule has 1 aromatic heterocycles. The molecule has 1 unspecified atom stereocenters. The molecular formula is C14H23N5. The summed E-state index contributed by atoms with van der Waals surface area (Å²) in [5, 5.41) is 12.1. The summed E-state index contributed by atoms with van der Waals surface area (Å²) in [6, 6.07) is 4.17. The zero-order chi connectivity index (χ0) is 14.4. The van der Waals surface area contributed by atoms with Crippen molar-refractivity contribution in [1.82, 2.24) is 9.97 Å². The average molecular weight is 261 g/mol. The first kappa shape index (κ1) is 15.2. The molecule has 0 amide bonds. The summed E-state index contributed by atoms with van der Waals surface area (Å²) >= 11 is 0. The molecule has 0 aromatic carbocycles. The summed E-state index contributed by atoms with van der Waals surface area (Å²) in [4.78, 5) is 11.1. The van der Waals surface area contributed by atoms with E-state index < -0.39 is 0 Å². The van der Waals surface area contributed by atoms with Crippen LogP contribution in [-0.2, 0) is 0 Å². The van der Waals surface area contributed by atoms with E-state index in [-0.39, 0.29) is 11.8 Å². The fourth-order valence-electron chi connectivity index (χ4n) is 1.72. The van der Waals surface area contributed by atoms with Crippen molar-refractivity contribution in [3.05, 3.63) is 11.9 Å². The Morgan fingerprint density at radius 3 is 2.58 bits per heavy atom. The van der Waals surface area contributed by atoms with Crippen molar-refractivity contribution in [3.8, 4) is 6.07 Å². The molecule has 0 aliphatic rings. The van der Waals surface area contributed by atoms with Gasteiger partial charge in [0.2, 0.25) is 0 Å². The van der Waals surface area contributed by atoms with Gasteiger partial charge in [0.25, 0.3) is 0 Å². The Bertz CT molecular complexity index is 450. The van der Waals surface area contributed by atoms with Gasteiger partial charge in [-0.25, -0.2) is 9.97 Å². The van der Waals surface area contributed by atoms with Gasteiger partial charge in [0, 0.05) is 32.1 Å². The van der Waals surface area contributed by atoms with Gasteiger partial charge in [-0.3, -0.25) is 0 Å². The Hall–Kier alpha value is -1.83. The van der Waals surface area contributed by atoms with Crippen molar-refractivity contribution >= 4 is 11.6 Å². The fraction of sp³-hybridized carbons (Fsp3) is 0.643. The molecular weight excluding hydrogens is 238 g/mol. The first-order valence-electron chi connectivity index (χ1n) is 6.71. The number of aromatic nitrogens is 2. The van der Waals surface area contributed by atoms with E-state index >= 15 is 0 Å². The van der Waals surface area contributed by atoms with E-state index in [0.29, 0.717) is 6.54 Å². The molecule has 1 heterocycles. The molecule has 1 N–H and O–H groups in total. The minimum Gasteiger partial charge on any atom is -0.370 e. The number of hydrogen-bond acceptors (Lipinski definition) is 5. The van der Waals surface area contributed by atoms with Gasteiger partial charge in [-0.2, -0.15) is 5.26 Å². The van der Waals surface area contributed by atoms with Crippen LogP contribution >= 0.6 is 0 Å². The van der Waals surface area contributed by atoms with Gasteiger partial charge < -0.3 is 10.2 Å². The van der Waals surface area contributed by atoms with Gasteiger partial charge in [-0.1, -0.05) is 13.8 Å². The van der Waals surface area contributed by atoms with Crippen molar-refractivity contribution in [2.24, 2.45) is 5.92 Å². The molecule has 0 aliphatic carbocycles. The maximum atomic E-state index is 8.89. The topological polar surface area (TPSA) is 64.8 Å². The van der Waals surface area contributed by atoms with Crippen molar-refractivity contribution in [2.45, 2.75) is 33.6 Å². The first-order valence-corrected chi connectivity index (χ1v) is 6.71. The summed E-state index contributed by atoms with van der Waals surface area (Å²) < 4.78 is 0. The van der Waals surface area contributed by atoms with Crippen LogP contribution in [0.1, 0.15) is 39.4 Å². The van der Waals surface area contributed by atoms with Crippen molar-refractivity contribution in [1.29, 1.82) is 5.26 Å². The lowest BCUT2D eigenvalue weighted by Gasteiger charge is -2.21. The zero-order valence-electron chi connectivity index (χ0n) is 12.4. The first-order chi connectivity index (χ1) is 8.97. The van der Waals surface area contributed by atoms with E-state index in [4.69, 9.17) is 5.26 Å². The zero-order valence-corrected chi connectivity index (χ0v) is 12.4. The maximum absolute atomic E-state index is 8.89. The summed E-state index contributed by atoms with van der Waals surface area (Å²) in [5.74, 6) is 2.78. The molecule has 0 saturated carbocycles. The van der Waals surface area contributed by atoms with Crippen molar-refractivity contribution in [3.63, 3.8) is 0 Å². The highest BCUT2D eigenvalue weighted by Crippen LogP contribution is 2.19. The van der Waals surface area contributed by atoms with Crippen LogP contribution in [0.15, 0.2) is 6.07 Å². The predicted octanol–water partition coefficient (Wildman–Crippen LogP) is 2.63. The molecule has 0 saturated heterocycles. The van der Waals surface area contributed by atoms with Gasteiger partial charge in [0.05, 0.1) is 12.0 Å². The maximum Gasteiger partial charge on any atom is 0.135 e. The summed E-state index contributed by atoms with van der Waals surface area (Å²) in [6.07, 6.45) is 0. The summed E-state index contributed by atoms with van der Waals surface area (Å²) in [7, 11) is 1.95. The Kier molecular flexibility index (Phi) is 5.56. The number of nitrogens with zero attached hydrogens (tertiary/aromatic N) is 4. The van der Waals surface area contributed by atoms with Crippen LogP contribution in [0.25, 0.3) is 0 Å². The van der Waals surface area contributed by atoms with Crippen LogP contribution in [0, 0.1) is 17.2 Å². The van der Waals surface area contributed by atoms with E-state index in [2.05, 4.69) is 35.2 Å². The Morgan fingerprint density at radius 2 is 2.05 bits per heavy atom. The van der Waals surface area contributed by atoms with Gasteiger partial charge in [-0.05, 0) is 13.8 Å². The highest BCUT2D eigenvalue weighted by Gasteiger charge is 2.12. The fourth-order valence-corrected chi connectivity index (χ4v) is 1.72. The third-order valence-corrected chi connectivity index (χ3v) is 2.76. The molecule has 0 aliphatic heterocycles. The van der Waals surface area contributed by atoms with Crippen LogP contribution in [-0.4, -0.2) is 30.1 Å². The Morgan fingerprint density at radius 1 is 1.37 bits per heavy atom. The van der Waals surface area contributed by atoms with Crippen LogP contribution in [0.2, 0.25) is 0 Å². The van der Waals surface area contributed by atoms with Gasteiger partial charge in [0.15, 0.2) is 0 Å². The lowest BCUT2D eigenvalue weighted by atomic mass is 10.2. The minimum absolute atomic E-state index is 0.0231. The van der Waals surface area contributed by atoms with E-state index in [1.165, 1.54) is 0 Å². The van der Waals surface area contributed by atoms with Crippen LogP contribution in [0.4, 0.5) is 11.6 Å². The molecule has 0 bridgehead atoms. The number of hydrogen-bond donors (Lipinski definition) is 1. The third-order valence-electron chi connectivity index (χ3n) is 2.76. The van der Waals surface area contributed by atoms with E-state index in [0.717, 1.165) is 24.0 Å². The van der Waals surface area contributed by atoms with E-state index in [1.807, 2.05) is 31.9 Å². The Labute approximate surface area is 115 Å². The van der Waals surface area contributed by atoms with E-state index in [9.17, 15) is 0 Å². The molecule has 0 radical (unpaired) electrons. The molecule has 5 heteroatoms. The average Bonchev–Trinajstić information content (AvgIpc) is 2.38. The largest absolute Gasteiger partial charge is 0.370 e. The van der Waals surface area contributed by atoms with Crippen LogP contribution in [0.5, 0.6) is 0 Å². The lowest BCUT2D eigenvalue weighted by Crippen LogP contribution is -2.25. The number of nitrogens with one attached hydrogen (secondary N) is 1. The smallest absolute Gasteiger partial charge is 0.135 e. The molecule has 0 fully saturated rings. The minimum atomic E-state index is -0.0231. The number of nitriles is 1. The van der Waals surface area contributed by atoms with Crippen LogP contribution in [0.3, 0.4) is 0 Å². The Balaban J connectivity index is 3.01.